The molecule has 19 heavy (non-hydrogen) atoms. The first-order chi connectivity index (χ1) is 9.26. The van der Waals surface area contributed by atoms with Crippen LogP contribution in [-0.2, 0) is 4.74 Å². The van der Waals surface area contributed by atoms with Crippen molar-refractivity contribution in [3.05, 3.63) is 24.2 Å². The van der Waals surface area contributed by atoms with E-state index in [-0.39, 0.29) is 12.1 Å². The van der Waals surface area contributed by atoms with E-state index in [0.29, 0.717) is 5.92 Å². The van der Waals surface area contributed by atoms with E-state index in [0.717, 1.165) is 31.9 Å². The number of nitrogens with zero attached hydrogens (tertiary/aromatic N) is 1. The van der Waals surface area contributed by atoms with Crippen LogP contribution in [0.25, 0.3) is 0 Å². The van der Waals surface area contributed by atoms with Gasteiger partial charge in [0.15, 0.2) is 0 Å². The second-order valence-corrected chi connectivity index (χ2v) is 5.47. The van der Waals surface area contributed by atoms with Gasteiger partial charge in [-0.25, -0.2) is 0 Å². The maximum Gasteiger partial charge on any atom is 0.122 e. The predicted molar refractivity (Wildman–Crippen MR) is 75.9 cm³/mol. The lowest BCUT2D eigenvalue weighted by Crippen LogP contribution is -2.45. The maximum absolute atomic E-state index is 6.31. The molecule has 2 unspecified atom stereocenters. The van der Waals surface area contributed by atoms with Crippen LogP contribution in [0, 0.1) is 5.92 Å². The number of furan rings is 1. The molecule has 1 aromatic rings. The number of hydrogen-bond acceptors (Lipinski definition) is 4. The quantitative estimate of drug-likeness (QED) is 0.859. The topological polar surface area (TPSA) is 51.6 Å². The second-order valence-electron chi connectivity index (χ2n) is 5.47. The molecule has 0 radical (unpaired) electrons. The van der Waals surface area contributed by atoms with E-state index in [4.69, 9.17) is 14.9 Å². The lowest BCUT2D eigenvalue weighted by atomic mass is 9.93. The lowest BCUT2D eigenvalue weighted by molar-refractivity contribution is 0.0645. The third-order valence-electron chi connectivity index (χ3n) is 4.16. The van der Waals surface area contributed by atoms with E-state index in [9.17, 15) is 0 Å². The molecule has 1 aromatic heterocycles. The molecule has 108 valence electrons. The zero-order chi connectivity index (χ0) is 13.7. The minimum absolute atomic E-state index is 0.130. The Bertz CT molecular complexity index is 345. The van der Waals surface area contributed by atoms with E-state index >= 15 is 0 Å². The van der Waals surface area contributed by atoms with Gasteiger partial charge in [0.1, 0.15) is 5.76 Å². The molecule has 2 rings (SSSR count). The van der Waals surface area contributed by atoms with Crippen LogP contribution in [0.4, 0.5) is 0 Å². The largest absolute Gasteiger partial charge is 0.468 e. The molecule has 0 amide bonds. The molecule has 1 aliphatic heterocycles. The van der Waals surface area contributed by atoms with E-state index in [1.54, 1.807) is 13.4 Å². The second kappa shape index (κ2) is 7.08. The minimum atomic E-state index is 0.130. The van der Waals surface area contributed by atoms with Crippen molar-refractivity contribution in [2.75, 3.05) is 26.8 Å². The number of nitrogens with two attached hydrogens (primary N) is 1. The molecule has 2 heterocycles. The fourth-order valence-electron chi connectivity index (χ4n) is 2.98. The van der Waals surface area contributed by atoms with Crippen molar-refractivity contribution in [3.63, 3.8) is 0 Å². The van der Waals surface area contributed by atoms with Crippen molar-refractivity contribution >= 4 is 0 Å². The Morgan fingerprint density at radius 3 is 2.74 bits per heavy atom. The first kappa shape index (κ1) is 14.6. The van der Waals surface area contributed by atoms with Crippen LogP contribution in [0.1, 0.15) is 38.0 Å². The van der Waals surface area contributed by atoms with Crippen LogP contribution in [0.15, 0.2) is 22.8 Å². The summed E-state index contributed by atoms with van der Waals surface area (Å²) in [5.41, 5.74) is 6.31. The van der Waals surface area contributed by atoms with Crippen molar-refractivity contribution in [2.24, 2.45) is 11.7 Å². The highest BCUT2D eigenvalue weighted by molar-refractivity contribution is 5.08. The zero-order valence-electron chi connectivity index (χ0n) is 12.0. The highest BCUT2D eigenvalue weighted by atomic mass is 16.5. The van der Waals surface area contributed by atoms with Crippen molar-refractivity contribution < 1.29 is 9.15 Å². The van der Waals surface area contributed by atoms with Crippen LogP contribution in [0.5, 0.6) is 0 Å². The van der Waals surface area contributed by atoms with Gasteiger partial charge in [0, 0.05) is 19.8 Å². The molecule has 0 saturated carbocycles. The summed E-state index contributed by atoms with van der Waals surface area (Å²) in [7, 11) is 1.78. The predicted octanol–water partition coefficient (Wildman–Crippen LogP) is 2.42. The van der Waals surface area contributed by atoms with Gasteiger partial charge in [0.25, 0.3) is 0 Å². The molecular weight excluding hydrogens is 240 g/mol. The van der Waals surface area contributed by atoms with Gasteiger partial charge in [0.2, 0.25) is 0 Å². The smallest absolute Gasteiger partial charge is 0.122 e. The van der Waals surface area contributed by atoms with Gasteiger partial charge in [-0.05, 0) is 50.4 Å². The molecule has 1 aliphatic rings. The highest BCUT2D eigenvalue weighted by Crippen LogP contribution is 2.30. The lowest BCUT2D eigenvalue weighted by Gasteiger charge is -2.38. The number of piperidine rings is 1. The molecule has 4 heteroatoms. The third-order valence-corrected chi connectivity index (χ3v) is 4.16. The summed E-state index contributed by atoms with van der Waals surface area (Å²) in [5.74, 6) is 1.69. The average molecular weight is 266 g/mol. The molecule has 1 saturated heterocycles. The SMILES string of the molecule is CCC(N)C(c1ccco1)N1CCC(COC)CC1. The van der Waals surface area contributed by atoms with Gasteiger partial charge in [-0.2, -0.15) is 0 Å². The van der Waals surface area contributed by atoms with E-state index in [1.165, 1.54) is 12.8 Å². The minimum Gasteiger partial charge on any atom is -0.468 e. The van der Waals surface area contributed by atoms with E-state index < -0.39 is 0 Å². The maximum atomic E-state index is 6.31. The number of ether oxygens (including phenoxy) is 1. The molecule has 0 aliphatic carbocycles. The summed E-state index contributed by atoms with van der Waals surface area (Å²) in [6.45, 7) is 5.16. The normalized spacial score (nSPS) is 21.4. The highest BCUT2D eigenvalue weighted by Gasteiger charge is 2.31. The third kappa shape index (κ3) is 3.59. The first-order valence-corrected chi connectivity index (χ1v) is 7.28. The molecule has 2 N–H and O–H groups in total. The molecular formula is C15H26N2O2. The van der Waals surface area contributed by atoms with E-state index in [1.807, 2.05) is 12.1 Å². The standard InChI is InChI=1S/C15H26N2O2/c1-3-13(16)15(14-5-4-10-19-14)17-8-6-12(7-9-17)11-18-2/h4-5,10,12-13,15H,3,6-9,11,16H2,1-2H3. The fraction of sp³-hybridized carbons (Fsp3) is 0.733. The molecule has 0 spiro atoms. The first-order valence-electron chi connectivity index (χ1n) is 7.28. The van der Waals surface area contributed by atoms with Crippen molar-refractivity contribution in [1.82, 2.24) is 4.90 Å². The Hall–Kier alpha value is -0.840. The van der Waals surface area contributed by atoms with Crippen LogP contribution in [0.2, 0.25) is 0 Å². The van der Waals surface area contributed by atoms with Gasteiger partial charge in [-0.1, -0.05) is 6.92 Å². The fourth-order valence-corrected chi connectivity index (χ4v) is 2.98. The zero-order valence-corrected chi connectivity index (χ0v) is 12.0. The van der Waals surface area contributed by atoms with Crippen molar-refractivity contribution in [3.8, 4) is 0 Å². The number of likely N-dealkylation sites (tertiary alicyclic amines) is 1. The van der Waals surface area contributed by atoms with Crippen LogP contribution in [0.3, 0.4) is 0 Å². The number of hydrogen-bond donors (Lipinski definition) is 1. The van der Waals surface area contributed by atoms with Gasteiger partial charge >= 0.3 is 0 Å². The van der Waals surface area contributed by atoms with Crippen LogP contribution < -0.4 is 5.73 Å². The number of rotatable bonds is 6. The Labute approximate surface area is 115 Å². The average Bonchev–Trinajstić information content (AvgIpc) is 2.95. The molecule has 0 aromatic carbocycles. The van der Waals surface area contributed by atoms with Crippen molar-refractivity contribution in [2.45, 2.75) is 38.3 Å². The Balaban J connectivity index is 2.00. The summed E-state index contributed by atoms with van der Waals surface area (Å²) in [5, 5.41) is 0. The van der Waals surface area contributed by atoms with Crippen LogP contribution >= 0.6 is 0 Å². The summed E-state index contributed by atoms with van der Waals surface area (Å²) in [4.78, 5) is 2.47. The van der Waals surface area contributed by atoms with Gasteiger partial charge in [0.05, 0.1) is 12.3 Å². The number of methoxy groups -OCH3 is 1. The monoisotopic (exact) mass is 266 g/mol. The summed E-state index contributed by atoms with van der Waals surface area (Å²) < 4.78 is 10.9. The molecule has 0 bridgehead atoms. The Kier molecular flexibility index (Phi) is 5.43. The van der Waals surface area contributed by atoms with Gasteiger partial charge < -0.3 is 14.9 Å². The molecule has 1 fully saturated rings. The summed E-state index contributed by atoms with van der Waals surface area (Å²) in [6, 6.07) is 4.33. The Morgan fingerprint density at radius 2 is 2.21 bits per heavy atom. The van der Waals surface area contributed by atoms with Crippen LogP contribution in [-0.4, -0.2) is 37.7 Å². The summed E-state index contributed by atoms with van der Waals surface area (Å²) >= 11 is 0. The molecule has 4 nitrogen and oxygen atoms in total. The summed E-state index contributed by atoms with van der Waals surface area (Å²) in [6.07, 6.45) is 5.06. The van der Waals surface area contributed by atoms with E-state index in [2.05, 4.69) is 11.8 Å². The van der Waals surface area contributed by atoms with Gasteiger partial charge in [-0.15, -0.1) is 0 Å². The van der Waals surface area contributed by atoms with Crippen molar-refractivity contribution in [1.29, 1.82) is 0 Å². The Morgan fingerprint density at radius 1 is 1.47 bits per heavy atom. The molecule has 2 atom stereocenters. The van der Waals surface area contributed by atoms with Gasteiger partial charge in [-0.3, -0.25) is 4.90 Å².